The molecule has 4 nitrogen and oxygen atoms in total. The zero-order valence-corrected chi connectivity index (χ0v) is 14.7. The molecular weight excluding hydrogens is 308 g/mol. The van der Waals surface area contributed by atoms with Gasteiger partial charge in [0.25, 0.3) is 0 Å². The second-order valence-corrected chi connectivity index (χ2v) is 7.27. The van der Waals surface area contributed by atoms with E-state index in [0.717, 1.165) is 31.0 Å². The van der Waals surface area contributed by atoms with Crippen molar-refractivity contribution in [2.45, 2.75) is 26.2 Å². The number of piperidine rings is 1. The first-order valence-corrected chi connectivity index (χ1v) is 8.96. The highest BCUT2D eigenvalue weighted by molar-refractivity contribution is 5.46. The number of hydrogen-bond donors (Lipinski definition) is 0. The summed E-state index contributed by atoms with van der Waals surface area (Å²) in [5, 5.41) is 0. The van der Waals surface area contributed by atoms with Gasteiger partial charge in [-0.15, -0.1) is 0 Å². The fourth-order valence-corrected chi connectivity index (χ4v) is 3.64. The normalized spacial score (nSPS) is 16.8. The summed E-state index contributed by atoms with van der Waals surface area (Å²) in [6, 6.07) is 16.7. The predicted molar refractivity (Wildman–Crippen MR) is 101 cm³/mol. The number of imidazole rings is 1. The maximum Gasteiger partial charge on any atom is 0.137 e. The molecule has 128 valence electrons. The van der Waals surface area contributed by atoms with Crippen LogP contribution in [0.3, 0.4) is 0 Å². The molecule has 1 saturated heterocycles. The van der Waals surface area contributed by atoms with E-state index in [4.69, 9.17) is 0 Å². The van der Waals surface area contributed by atoms with E-state index in [1.165, 1.54) is 18.5 Å². The van der Waals surface area contributed by atoms with Gasteiger partial charge >= 0.3 is 0 Å². The lowest BCUT2D eigenvalue weighted by molar-refractivity contribution is 0.244. The van der Waals surface area contributed by atoms with Gasteiger partial charge in [-0.3, -0.25) is 4.57 Å². The fourth-order valence-electron chi connectivity index (χ4n) is 3.64. The Morgan fingerprint density at radius 2 is 1.72 bits per heavy atom. The van der Waals surface area contributed by atoms with Gasteiger partial charge in [-0.1, -0.05) is 31.2 Å². The van der Waals surface area contributed by atoms with Crippen LogP contribution in [0.4, 0.5) is 5.69 Å². The molecule has 0 N–H and O–H groups in total. The summed E-state index contributed by atoms with van der Waals surface area (Å²) in [6.45, 7) is 4.62. The minimum Gasteiger partial charge on any atom is -0.371 e. The third-order valence-corrected chi connectivity index (χ3v) is 5.25. The zero-order chi connectivity index (χ0) is 17.1. The smallest absolute Gasteiger partial charge is 0.137 e. The van der Waals surface area contributed by atoms with Gasteiger partial charge in [0.1, 0.15) is 12.1 Å². The third kappa shape index (κ3) is 3.58. The summed E-state index contributed by atoms with van der Waals surface area (Å²) in [7, 11) is 0. The predicted octanol–water partition coefficient (Wildman–Crippen LogP) is 4.12. The number of para-hydroxylation sites is 1. The lowest BCUT2D eigenvalue weighted by Crippen LogP contribution is -2.39. The standard InChI is InChI=1S/C21H24N4/c1-21(10-13-24(14-11-21)19-7-3-2-4-8-19)15-18-16-25(17-23-18)20-9-5-6-12-22-20/h2-9,12,16-17H,10-11,13-15H2,1H3. The molecule has 0 amide bonds. The monoisotopic (exact) mass is 332 g/mol. The van der Waals surface area contributed by atoms with Gasteiger partial charge < -0.3 is 4.90 Å². The lowest BCUT2D eigenvalue weighted by Gasteiger charge is -2.40. The van der Waals surface area contributed by atoms with Crippen LogP contribution in [-0.4, -0.2) is 27.6 Å². The van der Waals surface area contributed by atoms with Crippen LogP contribution in [0, 0.1) is 5.41 Å². The SMILES string of the molecule is CC1(Cc2cn(-c3ccccn3)cn2)CCN(c2ccccc2)CC1. The molecule has 3 heterocycles. The molecule has 4 heteroatoms. The Kier molecular flexibility index (Phi) is 4.26. The third-order valence-electron chi connectivity index (χ3n) is 5.25. The van der Waals surface area contributed by atoms with E-state index in [1.54, 1.807) is 0 Å². The molecule has 0 bridgehead atoms. The molecule has 0 radical (unpaired) electrons. The Morgan fingerprint density at radius 1 is 0.960 bits per heavy atom. The Morgan fingerprint density at radius 3 is 2.44 bits per heavy atom. The van der Waals surface area contributed by atoms with Crippen LogP contribution in [0.5, 0.6) is 0 Å². The van der Waals surface area contributed by atoms with Crippen LogP contribution in [0.2, 0.25) is 0 Å². The molecule has 3 aromatic rings. The number of pyridine rings is 1. The summed E-state index contributed by atoms with van der Waals surface area (Å²) >= 11 is 0. The number of hydrogen-bond acceptors (Lipinski definition) is 3. The number of anilines is 1. The molecule has 0 unspecified atom stereocenters. The van der Waals surface area contributed by atoms with E-state index in [0.29, 0.717) is 5.41 Å². The van der Waals surface area contributed by atoms with Crippen LogP contribution in [0.1, 0.15) is 25.5 Å². The van der Waals surface area contributed by atoms with Gasteiger partial charge in [-0.25, -0.2) is 9.97 Å². The average Bonchev–Trinajstić information content (AvgIpc) is 3.12. The first-order chi connectivity index (χ1) is 12.2. The highest BCUT2D eigenvalue weighted by atomic mass is 15.1. The Balaban J connectivity index is 1.41. The van der Waals surface area contributed by atoms with Gasteiger partial charge in [-0.2, -0.15) is 0 Å². The molecule has 0 atom stereocenters. The quantitative estimate of drug-likeness (QED) is 0.721. The van der Waals surface area contributed by atoms with E-state index in [9.17, 15) is 0 Å². The Bertz CT molecular complexity index is 802. The van der Waals surface area contributed by atoms with Crippen molar-refractivity contribution >= 4 is 5.69 Å². The van der Waals surface area contributed by atoms with Crippen LogP contribution in [-0.2, 0) is 6.42 Å². The molecule has 1 fully saturated rings. The summed E-state index contributed by atoms with van der Waals surface area (Å²) in [6.07, 6.45) is 9.22. The topological polar surface area (TPSA) is 34.0 Å². The number of aromatic nitrogens is 3. The highest BCUT2D eigenvalue weighted by Crippen LogP contribution is 2.35. The van der Waals surface area contributed by atoms with Crippen molar-refractivity contribution in [1.29, 1.82) is 0 Å². The van der Waals surface area contributed by atoms with Crippen LogP contribution < -0.4 is 4.90 Å². The van der Waals surface area contributed by atoms with E-state index < -0.39 is 0 Å². The minimum absolute atomic E-state index is 0.314. The van der Waals surface area contributed by atoms with E-state index in [1.807, 2.05) is 35.3 Å². The maximum atomic E-state index is 4.62. The van der Waals surface area contributed by atoms with Gasteiger partial charge in [0, 0.05) is 31.2 Å². The zero-order valence-electron chi connectivity index (χ0n) is 14.7. The second-order valence-electron chi connectivity index (χ2n) is 7.27. The van der Waals surface area contributed by atoms with Crippen molar-refractivity contribution in [2.75, 3.05) is 18.0 Å². The number of benzene rings is 1. The molecule has 1 aromatic carbocycles. The molecule has 4 rings (SSSR count). The minimum atomic E-state index is 0.314. The van der Waals surface area contributed by atoms with Crippen LogP contribution in [0.15, 0.2) is 67.3 Å². The molecule has 0 spiro atoms. The molecular formula is C21H24N4. The fraction of sp³-hybridized carbons (Fsp3) is 0.333. The van der Waals surface area contributed by atoms with Gasteiger partial charge in [0.2, 0.25) is 0 Å². The van der Waals surface area contributed by atoms with E-state index in [2.05, 4.69) is 58.3 Å². The molecule has 0 saturated carbocycles. The van der Waals surface area contributed by atoms with Crippen LogP contribution in [0.25, 0.3) is 5.82 Å². The highest BCUT2D eigenvalue weighted by Gasteiger charge is 2.31. The van der Waals surface area contributed by atoms with Crippen molar-refractivity contribution in [2.24, 2.45) is 5.41 Å². The number of rotatable bonds is 4. The molecule has 2 aromatic heterocycles. The summed E-state index contributed by atoms with van der Waals surface area (Å²) in [5.41, 5.74) is 2.81. The van der Waals surface area contributed by atoms with Crippen molar-refractivity contribution in [1.82, 2.24) is 14.5 Å². The van der Waals surface area contributed by atoms with Crippen LogP contribution >= 0.6 is 0 Å². The maximum absolute atomic E-state index is 4.62. The van der Waals surface area contributed by atoms with E-state index in [-0.39, 0.29) is 0 Å². The second kappa shape index (κ2) is 6.71. The average molecular weight is 332 g/mol. The first-order valence-electron chi connectivity index (χ1n) is 8.96. The van der Waals surface area contributed by atoms with Crippen molar-refractivity contribution < 1.29 is 0 Å². The Hall–Kier alpha value is -2.62. The van der Waals surface area contributed by atoms with Gasteiger partial charge in [-0.05, 0) is 48.9 Å². The first kappa shape index (κ1) is 15.9. The molecule has 1 aliphatic heterocycles. The van der Waals surface area contributed by atoms with Crippen molar-refractivity contribution in [3.63, 3.8) is 0 Å². The van der Waals surface area contributed by atoms with Crippen molar-refractivity contribution in [3.05, 3.63) is 72.9 Å². The summed E-state index contributed by atoms with van der Waals surface area (Å²) in [5.74, 6) is 0.922. The van der Waals surface area contributed by atoms with E-state index >= 15 is 0 Å². The van der Waals surface area contributed by atoms with Gasteiger partial charge in [0.05, 0.1) is 5.69 Å². The largest absolute Gasteiger partial charge is 0.371 e. The molecule has 25 heavy (non-hydrogen) atoms. The lowest BCUT2D eigenvalue weighted by atomic mass is 9.76. The molecule has 1 aliphatic rings. The summed E-state index contributed by atoms with van der Waals surface area (Å²) < 4.78 is 2.01. The van der Waals surface area contributed by atoms with Crippen molar-refractivity contribution in [3.8, 4) is 5.82 Å². The molecule has 0 aliphatic carbocycles. The summed E-state index contributed by atoms with van der Waals surface area (Å²) in [4.78, 5) is 11.5. The Labute approximate surface area is 149 Å². The number of nitrogens with zero attached hydrogens (tertiary/aromatic N) is 4. The van der Waals surface area contributed by atoms with Gasteiger partial charge in [0.15, 0.2) is 0 Å².